The third kappa shape index (κ3) is 2.57. The summed E-state index contributed by atoms with van der Waals surface area (Å²) in [5, 5.41) is 9.03. The van der Waals surface area contributed by atoms with Gasteiger partial charge in [-0.25, -0.2) is 4.79 Å². The van der Waals surface area contributed by atoms with Crippen molar-refractivity contribution < 1.29 is 24.2 Å². The van der Waals surface area contributed by atoms with Crippen LogP contribution in [0.15, 0.2) is 24.3 Å². The molecule has 0 aromatic heterocycles. The molecule has 0 bridgehead atoms. The van der Waals surface area contributed by atoms with Gasteiger partial charge in [0.15, 0.2) is 5.78 Å². The van der Waals surface area contributed by atoms with E-state index in [1.165, 1.54) is 13.2 Å². The number of benzene rings is 1. The number of hydrogen-bond donors (Lipinski definition) is 1. The molecule has 1 heterocycles. The predicted octanol–water partition coefficient (Wildman–Crippen LogP) is 0.563. The van der Waals surface area contributed by atoms with E-state index in [2.05, 4.69) is 0 Å². The van der Waals surface area contributed by atoms with Crippen LogP contribution in [0.2, 0.25) is 0 Å². The van der Waals surface area contributed by atoms with Gasteiger partial charge in [0.2, 0.25) is 0 Å². The lowest BCUT2D eigenvalue weighted by atomic mass is 10.1. The fourth-order valence-electron chi connectivity index (χ4n) is 2.05. The summed E-state index contributed by atoms with van der Waals surface area (Å²) in [6, 6.07) is 5.32. The molecule has 2 rings (SSSR count). The van der Waals surface area contributed by atoms with Gasteiger partial charge in [0, 0.05) is 12.0 Å². The molecule has 1 unspecified atom stereocenters. The van der Waals surface area contributed by atoms with E-state index in [1.807, 2.05) is 0 Å². The maximum absolute atomic E-state index is 12.2. The first-order chi connectivity index (χ1) is 9.02. The highest BCUT2D eigenvalue weighted by Crippen LogP contribution is 2.20. The van der Waals surface area contributed by atoms with Crippen molar-refractivity contribution in [1.29, 1.82) is 0 Å². The lowest BCUT2D eigenvalue weighted by Crippen LogP contribution is -2.40. The fraction of sp³-hybridized carbons (Fsp3) is 0.308. The highest BCUT2D eigenvalue weighted by atomic mass is 16.5. The summed E-state index contributed by atoms with van der Waals surface area (Å²) >= 11 is 0. The molecule has 1 aromatic rings. The van der Waals surface area contributed by atoms with Crippen molar-refractivity contribution in [3.05, 3.63) is 29.8 Å². The Hall–Kier alpha value is -2.37. The lowest BCUT2D eigenvalue weighted by Gasteiger charge is -2.20. The Kier molecular flexibility index (Phi) is 3.50. The van der Waals surface area contributed by atoms with Crippen LogP contribution in [0.1, 0.15) is 16.8 Å². The topological polar surface area (TPSA) is 83.9 Å². The second-order valence-electron chi connectivity index (χ2n) is 4.26. The highest BCUT2D eigenvalue weighted by molar-refractivity contribution is 6.03. The fourth-order valence-corrected chi connectivity index (χ4v) is 2.05. The Morgan fingerprint density at radius 2 is 2.16 bits per heavy atom. The first kappa shape index (κ1) is 13.1. The second-order valence-corrected chi connectivity index (χ2v) is 4.26. The smallest absolute Gasteiger partial charge is 0.326 e. The van der Waals surface area contributed by atoms with Gasteiger partial charge in [-0.15, -0.1) is 0 Å². The van der Waals surface area contributed by atoms with Crippen molar-refractivity contribution in [1.82, 2.24) is 4.90 Å². The highest BCUT2D eigenvalue weighted by Gasteiger charge is 2.39. The summed E-state index contributed by atoms with van der Waals surface area (Å²) < 4.78 is 5.01. The summed E-state index contributed by atoms with van der Waals surface area (Å²) in [5.41, 5.74) is 0.306. The number of hydrogen-bond acceptors (Lipinski definition) is 4. The summed E-state index contributed by atoms with van der Waals surface area (Å²) in [6.07, 6.45) is -0.134. The van der Waals surface area contributed by atoms with Crippen molar-refractivity contribution in [2.24, 2.45) is 0 Å². The number of methoxy groups -OCH3 is 1. The number of nitrogens with zero attached hydrogens (tertiary/aromatic N) is 1. The van der Waals surface area contributed by atoms with E-state index in [0.717, 1.165) is 4.90 Å². The predicted molar refractivity (Wildman–Crippen MR) is 65.1 cm³/mol. The number of ketones is 1. The van der Waals surface area contributed by atoms with E-state index < -0.39 is 17.9 Å². The van der Waals surface area contributed by atoms with Crippen LogP contribution >= 0.6 is 0 Å². The van der Waals surface area contributed by atoms with E-state index in [1.54, 1.807) is 18.2 Å². The first-order valence-corrected chi connectivity index (χ1v) is 5.72. The van der Waals surface area contributed by atoms with Crippen molar-refractivity contribution in [2.45, 2.75) is 12.5 Å². The molecule has 1 aromatic carbocycles. The zero-order valence-electron chi connectivity index (χ0n) is 10.3. The average molecular weight is 263 g/mol. The third-order valence-corrected chi connectivity index (χ3v) is 3.01. The molecule has 0 aliphatic carbocycles. The Balaban J connectivity index is 2.27. The SMILES string of the molecule is COc1cccc(C(=O)N2CC(=O)CC2C(=O)O)c1. The van der Waals surface area contributed by atoms with E-state index in [9.17, 15) is 14.4 Å². The Morgan fingerprint density at radius 3 is 2.79 bits per heavy atom. The standard InChI is InChI=1S/C13H13NO5/c1-19-10-4-2-3-8(5-10)12(16)14-7-9(15)6-11(14)13(17)18/h2-5,11H,6-7H2,1H3,(H,17,18). The normalized spacial score (nSPS) is 18.5. The molecule has 0 saturated carbocycles. The zero-order valence-corrected chi connectivity index (χ0v) is 10.3. The number of carbonyl (C=O) groups is 3. The molecule has 6 heteroatoms. The number of likely N-dealkylation sites (tertiary alicyclic amines) is 1. The number of carbonyl (C=O) groups excluding carboxylic acids is 2. The number of amides is 1. The summed E-state index contributed by atoms with van der Waals surface area (Å²) in [7, 11) is 1.48. The minimum atomic E-state index is -1.16. The molecule has 1 saturated heterocycles. The van der Waals surface area contributed by atoms with Crippen molar-refractivity contribution in [3.8, 4) is 5.75 Å². The van der Waals surface area contributed by atoms with Crippen molar-refractivity contribution in [2.75, 3.05) is 13.7 Å². The minimum Gasteiger partial charge on any atom is -0.497 e. The van der Waals surface area contributed by atoms with Crippen LogP contribution in [0.4, 0.5) is 0 Å². The number of carboxylic acids is 1. The monoisotopic (exact) mass is 263 g/mol. The summed E-state index contributed by atoms with van der Waals surface area (Å²) in [6.45, 7) is -0.160. The molecule has 19 heavy (non-hydrogen) atoms. The average Bonchev–Trinajstić information content (AvgIpc) is 2.80. The molecule has 1 fully saturated rings. The van der Waals surface area contributed by atoms with Crippen LogP contribution in [0.3, 0.4) is 0 Å². The minimum absolute atomic E-state index is 0.134. The molecule has 100 valence electrons. The van der Waals surface area contributed by atoms with Crippen LogP contribution in [-0.2, 0) is 9.59 Å². The Morgan fingerprint density at radius 1 is 1.42 bits per heavy atom. The maximum atomic E-state index is 12.2. The van der Waals surface area contributed by atoms with E-state index in [0.29, 0.717) is 11.3 Å². The Bertz CT molecular complexity index is 540. The van der Waals surface area contributed by atoms with Gasteiger partial charge in [0.1, 0.15) is 11.8 Å². The molecule has 0 spiro atoms. The molecular weight excluding hydrogens is 250 g/mol. The summed E-state index contributed by atoms with van der Waals surface area (Å²) in [5.74, 6) is -1.38. The van der Waals surface area contributed by atoms with Gasteiger partial charge in [0.25, 0.3) is 5.91 Å². The maximum Gasteiger partial charge on any atom is 0.326 e. The molecular formula is C13H13NO5. The number of rotatable bonds is 3. The van der Waals surface area contributed by atoms with Gasteiger partial charge in [-0.2, -0.15) is 0 Å². The molecule has 1 amide bonds. The van der Waals surface area contributed by atoms with Crippen LogP contribution < -0.4 is 4.74 Å². The molecule has 1 atom stereocenters. The van der Waals surface area contributed by atoms with Crippen LogP contribution in [-0.4, -0.2) is 47.4 Å². The zero-order chi connectivity index (χ0) is 14.0. The number of carboxylic acid groups (broad SMARTS) is 1. The second kappa shape index (κ2) is 5.09. The van der Waals surface area contributed by atoms with Gasteiger partial charge in [0.05, 0.1) is 13.7 Å². The number of ether oxygens (including phenoxy) is 1. The number of aliphatic carboxylic acids is 1. The molecule has 0 radical (unpaired) electrons. The van der Waals surface area contributed by atoms with Gasteiger partial charge < -0.3 is 14.7 Å². The van der Waals surface area contributed by atoms with E-state index in [4.69, 9.17) is 9.84 Å². The Labute approximate surface area is 109 Å². The number of Topliss-reactive ketones (excluding diaryl/α,β-unsaturated/α-hetero) is 1. The van der Waals surface area contributed by atoms with Crippen molar-refractivity contribution in [3.63, 3.8) is 0 Å². The quantitative estimate of drug-likeness (QED) is 0.861. The molecule has 6 nitrogen and oxygen atoms in total. The largest absolute Gasteiger partial charge is 0.497 e. The van der Waals surface area contributed by atoms with Gasteiger partial charge in [-0.3, -0.25) is 9.59 Å². The van der Waals surface area contributed by atoms with Gasteiger partial charge in [-0.1, -0.05) is 6.07 Å². The third-order valence-electron chi connectivity index (χ3n) is 3.01. The van der Waals surface area contributed by atoms with Crippen molar-refractivity contribution >= 4 is 17.7 Å². The lowest BCUT2D eigenvalue weighted by molar-refractivity contribution is -0.141. The van der Waals surface area contributed by atoms with Gasteiger partial charge >= 0.3 is 5.97 Å². The molecule has 1 aliphatic rings. The van der Waals surface area contributed by atoms with Crippen LogP contribution in [0.25, 0.3) is 0 Å². The molecule has 1 N–H and O–H groups in total. The van der Waals surface area contributed by atoms with E-state index >= 15 is 0 Å². The van der Waals surface area contributed by atoms with Crippen LogP contribution in [0, 0.1) is 0 Å². The molecule has 1 aliphatic heterocycles. The first-order valence-electron chi connectivity index (χ1n) is 5.72. The van der Waals surface area contributed by atoms with Gasteiger partial charge in [-0.05, 0) is 18.2 Å². The van der Waals surface area contributed by atoms with Crippen LogP contribution in [0.5, 0.6) is 5.75 Å². The van der Waals surface area contributed by atoms with E-state index in [-0.39, 0.29) is 18.7 Å². The summed E-state index contributed by atoms with van der Waals surface area (Å²) in [4.78, 5) is 35.7.